The molecule has 1 saturated heterocycles. The highest BCUT2D eigenvalue weighted by Crippen LogP contribution is 2.31. The Balaban J connectivity index is 1.57. The van der Waals surface area contributed by atoms with Gasteiger partial charge in [0.15, 0.2) is 5.17 Å². The van der Waals surface area contributed by atoms with Crippen LogP contribution in [0, 0.1) is 0 Å². The zero-order valence-corrected chi connectivity index (χ0v) is 17.2. The van der Waals surface area contributed by atoms with Crippen molar-refractivity contribution < 1.29 is 4.79 Å². The molecule has 2 heterocycles. The number of halogens is 1. The predicted molar refractivity (Wildman–Crippen MR) is 112 cm³/mol. The van der Waals surface area contributed by atoms with Crippen LogP contribution in [0.3, 0.4) is 0 Å². The van der Waals surface area contributed by atoms with Gasteiger partial charge in [0.2, 0.25) is 11.7 Å². The Labute approximate surface area is 173 Å². The number of nitrogens with one attached hydrogen (secondary N) is 2. The van der Waals surface area contributed by atoms with Crippen molar-refractivity contribution in [3.63, 3.8) is 0 Å². The first-order chi connectivity index (χ1) is 13.6. The third-order valence-corrected chi connectivity index (χ3v) is 5.67. The molecule has 0 radical (unpaired) electrons. The van der Waals surface area contributed by atoms with Gasteiger partial charge in [-0.1, -0.05) is 76.2 Å². The minimum absolute atomic E-state index is 0.00768. The molecule has 8 nitrogen and oxygen atoms in total. The second-order valence-corrected chi connectivity index (χ2v) is 8.63. The average Bonchev–Trinajstić information content (AvgIpc) is 3.32. The van der Waals surface area contributed by atoms with Crippen molar-refractivity contribution in [1.82, 2.24) is 31.1 Å². The smallest absolute Gasteiger partial charge is 0.245 e. The van der Waals surface area contributed by atoms with Crippen LogP contribution in [0.1, 0.15) is 12.5 Å². The Morgan fingerprint density at radius 2 is 1.96 bits per heavy atom. The minimum Gasteiger partial charge on any atom is -0.280 e. The zero-order chi connectivity index (χ0) is 19.5. The Morgan fingerprint density at radius 1 is 1.21 bits per heavy atom. The number of benzene rings is 2. The van der Waals surface area contributed by atoms with E-state index in [2.05, 4.69) is 71.2 Å². The molecule has 3 aromatic rings. The van der Waals surface area contributed by atoms with Crippen LogP contribution >= 0.6 is 27.7 Å². The molecular weight excluding hydrogens is 442 g/mol. The Morgan fingerprint density at radius 3 is 2.64 bits per heavy atom. The summed E-state index contributed by atoms with van der Waals surface area (Å²) in [7, 11) is 0. The molecule has 1 aliphatic heterocycles. The molecule has 142 valence electrons. The van der Waals surface area contributed by atoms with Gasteiger partial charge in [0.1, 0.15) is 4.28 Å². The van der Waals surface area contributed by atoms with Crippen LogP contribution in [0.5, 0.6) is 0 Å². The fourth-order valence-electron chi connectivity index (χ4n) is 2.87. The summed E-state index contributed by atoms with van der Waals surface area (Å²) >= 11 is 4.95. The first-order valence-corrected chi connectivity index (χ1v) is 10.3. The molecular formula is C18H16BrN7OS. The number of thioether (sulfide) groups is 1. The van der Waals surface area contributed by atoms with E-state index in [4.69, 9.17) is 0 Å². The Kier molecular flexibility index (Phi) is 5.51. The van der Waals surface area contributed by atoms with Gasteiger partial charge in [-0.05, 0) is 21.9 Å². The molecule has 4 rings (SSSR count). The largest absolute Gasteiger partial charge is 0.280 e. The number of nitrogens with zero attached hydrogens (tertiary/aromatic N) is 5. The molecule has 2 aromatic carbocycles. The Bertz CT molecular complexity index is 1010. The number of hydrogen-bond donors (Lipinski definition) is 2. The monoisotopic (exact) mass is 457 g/mol. The number of hydrogen-bond acceptors (Lipinski definition) is 6. The first-order valence-electron chi connectivity index (χ1n) is 8.46. The highest BCUT2D eigenvalue weighted by atomic mass is 79.9. The lowest BCUT2D eigenvalue weighted by atomic mass is 9.98. The van der Waals surface area contributed by atoms with Crippen molar-refractivity contribution in [2.75, 3.05) is 0 Å². The summed E-state index contributed by atoms with van der Waals surface area (Å²) in [6.45, 7) is 2.04. The van der Waals surface area contributed by atoms with E-state index in [1.807, 2.05) is 29.3 Å². The fourth-order valence-corrected chi connectivity index (χ4v) is 4.41. The van der Waals surface area contributed by atoms with Crippen LogP contribution in [0.15, 0.2) is 53.5 Å². The predicted octanol–water partition coefficient (Wildman–Crippen LogP) is 3.17. The highest BCUT2D eigenvalue weighted by Gasteiger charge is 2.26. The third kappa shape index (κ3) is 4.13. The summed E-state index contributed by atoms with van der Waals surface area (Å²) in [5.41, 5.74) is 7.33. The van der Waals surface area contributed by atoms with Crippen molar-refractivity contribution >= 4 is 38.8 Å². The number of alkyl halides is 1. The van der Waals surface area contributed by atoms with Crippen LogP contribution < -0.4 is 5.43 Å². The summed E-state index contributed by atoms with van der Waals surface area (Å²) < 4.78 is -0.00768. The molecule has 10 heteroatoms. The zero-order valence-electron chi connectivity index (χ0n) is 14.8. The summed E-state index contributed by atoms with van der Waals surface area (Å²) in [5.74, 6) is 0.343. The van der Waals surface area contributed by atoms with E-state index in [0.29, 0.717) is 17.5 Å². The van der Waals surface area contributed by atoms with Gasteiger partial charge in [0.05, 0.1) is 6.54 Å². The number of tetrazole rings is 1. The number of amidine groups is 1. The summed E-state index contributed by atoms with van der Waals surface area (Å²) in [6, 6.07) is 16.2. The molecule has 28 heavy (non-hydrogen) atoms. The number of aromatic nitrogens is 4. The molecule has 0 spiro atoms. The molecule has 0 bridgehead atoms. The maximum atomic E-state index is 11.3. The molecule has 1 fully saturated rings. The molecule has 1 unspecified atom stereocenters. The van der Waals surface area contributed by atoms with Gasteiger partial charge in [-0.25, -0.2) is 5.43 Å². The topological polar surface area (TPSA) is 99.2 Å². The number of aromatic amines is 1. The van der Waals surface area contributed by atoms with Crippen molar-refractivity contribution in [3.05, 3.63) is 54.1 Å². The van der Waals surface area contributed by atoms with E-state index < -0.39 is 0 Å². The number of rotatable bonds is 4. The van der Waals surface area contributed by atoms with E-state index in [-0.39, 0.29) is 10.2 Å². The van der Waals surface area contributed by atoms with Crippen LogP contribution in [0.4, 0.5) is 0 Å². The van der Waals surface area contributed by atoms with Crippen molar-refractivity contribution in [2.24, 2.45) is 4.99 Å². The SMILES string of the molecule is CC(=O)N=C1SC(Br)NN1Cc1ccc(-c2ccccc2-c2nn[nH]n2)cc1. The second-order valence-electron chi connectivity index (χ2n) is 6.04. The number of carbonyl (C=O) groups is 1. The first kappa shape index (κ1) is 18.8. The minimum atomic E-state index is -0.218. The van der Waals surface area contributed by atoms with Gasteiger partial charge in [-0.3, -0.25) is 9.80 Å². The van der Waals surface area contributed by atoms with E-state index in [1.165, 1.54) is 18.7 Å². The molecule has 0 saturated carbocycles. The normalized spacial score (nSPS) is 18.0. The van der Waals surface area contributed by atoms with Gasteiger partial charge < -0.3 is 0 Å². The molecule has 1 aromatic heterocycles. The van der Waals surface area contributed by atoms with Crippen molar-refractivity contribution in [1.29, 1.82) is 0 Å². The van der Waals surface area contributed by atoms with Gasteiger partial charge >= 0.3 is 0 Å². The lowest BCUT2D eigenvalue weighted by Gasteiger charge is -2.18. The molecule has 1 amide bonds. The summed E-state index contributed by atoms with van der Waals surface area (Å²) in [6.07, 6.45) is 0. The standard InChI is InChI=1S/C18H16BrN7OS/c1-11(27)20-18-26(23-17(19)28-18)10-12-6-8-13(9-7-12)14-4-2-3-5-15(14)16-21-24-25-22-16/h2-9,17,23H,10H2,1H3,(H,21,22,24,25). The number of H-pyrrole nitrogens is 1. The quantitative estimate of drug-likeness (QED) is 0.458. The van der Waals surface area contributed by atoms with Crippen LogP contribution in [0.25, 0.3) is 22.5 Å². The Hall–Kier alpha value is -2.56. The van der Waals surface area contributed by atoms with Gasteiger partial charge in [0, 0.05) is 12.5 Å². The van der Waals surface area contributed by atoms with E-state index in [0.717, 1.165) is 22.3 Å². The highest BCUT2D eigenvalue weighted by molar-refractivity contribution is 9.11. The van der Waals surface area contributed by atoms with E-state index in [9.17, 15) is 4.79 Å². The average molecular weight is 458 g/mol. The summed E-state index contributed by atoms with van der Waals surface area (Å²) in [5, 5.41) is 16.8. The maximum absolute atomic E-state index is 11.3. The molecule has 1 aliphatic rings. The van der Waals surface area contributed by atoms with Crippen molar-refractivity contribution in [2.45, 2.75) is 17.8 Å². The van der Waals surface area contributed by atoms with Crippen molar-refractivity contribution in [3.8, 4) is 22.5 Å². The van der Waals surface area contributed by atoms with Gasteiger partial charge in [0.25, 0.3) is 0 Å². The number of carbonyl (C=O) groups excluding carboxylic acids is 1. The lowest BCUT2D eigenvalue weighted by molar-refractivity contribution is -0.115. The van der Waals surface area contributed by atoms with Crippen LogP contribution in [-0.2, 0) is 11.3 Å². The van der Waals surface area contributed by atoms with Gasteiger partial charge in [-0.2, -0.15) is 10.2 Å². The fraction of sp³-hybridized carbons (Fsp3) is 0.167. The summed E-state index contributed by atoms with van der Waals surface area (Å²) in [4.78, 5) is 15.4. The van der Waals surface area contributed by atoms with Crippen LogP contribution in [-0.4, -0.2) is 41.0 Å². The molecule has 2 N–H and O–H groups in total. The van der Waals surface area contributed by atoms with E-state index >= 15 is 0 Å². The molecule has 1 atom stereocenters. The second kappa shape index (κ2) is 8.21. The third-order valence-electron chi connectivity index (χ3n) is 4.07. The molecule has 0 aliphatic carbocycles. The van der Waals surface area contributed by atoms with E-state index in [1.54, 1.807) is 0 Å². The number of aliphatic imine (C=N–C) groups is 1. The maximum Gasteiger partial charge on any atom is 0.245 e. The lowest BCUT2D eigenvalue weighted by Crippen LogP contribution is -2.35. The van der Waals surface area contributed by atoms with Gasteiger partial charge in [-0.15, -0.1) is 10.2 Å². The van der Waals surface area contributed by atoms with Crippen LogP contribution in [0.2, 0.25) is 0 Å². The number of amides is 1. The number of hydrazine groups is 1.